The number of nitrogens with zero attached hydrogens (tertiary/aromatic N) is 1. The first kappa shape index (κ1) is 13.3. The molecule has 1 heterocycles. The van der Waals surface area contributed by atoms with E-state index < -0.39 is 0 Å². The number of rotatable bonds is 4. The maximum absolute atomic E-state index is 5.72. The van der Waals surface area contributed by atoms with E-state index in [1.807, 2.05) is 0 Å². The van der Waals surface area contributed by atoms with E-state index in [1.165, 1.54) is 19.4 Å². The van der Waals surface area contributed by atoms with Crippen molar-refractivity contribution >= 4 is 0 Å². The SMILES string of the molecule is CC(C)NCC1CCC1N1CC(C)OCC1C. The van der Waals surface area contributed by atoms with Crippen LogP contribution >= 0.6 is 0 Å². The van der Waals surface area contributed by atoms with Crippen LogP contribution in [0.3, 0.4) is 0 Å². The predicted molar refractivity (Wildman–Crippen MR) is 71.2 cm³/mol. The Morgan fingerprint density at radius 1 is 1.29 bits per heavy atom. The van der Waals surface area contributed by atoms with Gasteiger partial charge in [0.25, 0.3) is 0 Å². The second kappa shape index (κ2) is 5.68. The van der Waals surface area contributed by atoms with Crippen LogP contribution in [0.5, 0.6) is 0 Å². The highest BCUT2D eigenvalue weighted by molar-refractivity contribution is 4.94. The minimum atomic E-state index is 0.408. The summed E-state index contributed by atoms with van der Waals surface area (Å²) in [5, 5.41) is 3.58. The lowest BCUT2D eigenvalue weighted by molar-refractivity contribution is -0.0927. The highest BCUT2D eigenvalue weighted by atomic mass is 16.5. The molecule has 1 saturated carbocycles. The molecule has 4 atom stereocenters. The van der Waals surface area contributed by atoms with Crippen LogP contribution < -0.4 is 5.32 Å². The molecule has 3 heteroatoms. The summed E-state index contributed by atoms with van der Waals surface area (Å²) < 4.78 is 5.72. The van der Waals surface area contributed by atoms with Crippen LogP contribution in [0.15, 0.2) is 0 Å². The summed E-state index contributed by atoms with van der Waals surface area (Å²) in [7, 11) is 0. The van der Waals surface area contributed by atoms with Crippen LogP contribution in [-0.2, 0) is 4.74 Å². The van der Waals surface area contributed by atoms with Crippen molar-refractivity contribution in [3.8, 4) is 0 Å². The van der Waals surface area contributed by atoms with Gasteiger partial charge in [-0.15, -0.1) is 0 Å². The minimum Gasteiger partial charge on any atom is -0.376 e. The van der Waals surface area contributed by atoms with E-state index in [4.69, 9.17) is 4.74 Å². The topological polar surface area (TPSA) is 24.5 Å². The summed E-state index contributed by atoms with van der Waals surface area (Å²) in [6.07, 6.45) is 3.18. The molecule has 2 fully saturated rings. The van der Waals surface area contributed by atoms with Crippen LogP contribution in [0.25, 0.3) is 0 Å². The van der Waals surface area contributed by atoms with Crippen LogP contribution in [0, 0.1) is 5.92 Å². The van der Waals surface area contributed by atoms with Gasteiger partial charge in [-0.25, -0.2) is 0 Å². The monoisotopic (exact) mass is 240 g/mol. The van der Waals surface area contributed by atoms with E-state index in [1.54, 1.807) is 0 Å². The van der Waals surface area contributed by atoms with Gasteiger partial charge in [0.05, 0.1) is 12.7 Å². The van der Waals surface area contributed by atoms with Crippen LogP contribution in [0.4, 0.5) is 0 Å². The fraction of sp³-hybridized carbons (Fsp3) is 1.00. The maximum atomic E-state index is 5.72. The third-order valence-corrected chi connectivity index (χ3v) is 4.25. The summed E-state index contributed by atoms with van der Waals surface area (Å²) in [4.78, 5) is 2.68. The predicted octanol–water partition coefficient (Wildman–Crippen LogP) is 1.87. The summed E-state index contributed by atoms with van der Waals surface area (Å²) in [5.41, 5.74) is 0. The molecule has 17 heavy (non-hydrogen) atoms. The first-order valence-corrected chi connectivity index (χ1v) is 7.18. The van der Waals surface area contributed by atoms with E-state index >= 15 is 0 Å². The summed E-state index contributed by atoms with van der Waals surface area (Å²) in [5.74, 6) is 0.852. The van der Waals surface area contributed by atoms with Crippen molar-refractivity contribution in [2.45, 2.75) is 64.8 Å². The standard InChI is InChI=1S/C14H28N2O/c1-10(2)15-7-13-5-6-14(13)16-8-12(4)17-9-11(16)3/h10-15H,5-9H2,1-4H3. The molecule has 0 radical (unpaired) electrons. The Morgan fingerprint density at radius 3 is 2.65 bits per heavy atom. The lowest BCUT2D eigenvalue weighted by Crippen LogP contribution is -2.59. The van der Waals surface area contributed by atoms with Crippen LogP contribution in [0.1, 0.15) is 40.5 Å². The zero-order valence-corrected chi connectivity index (χ0v) is 11.8. The Balaban J connectivity index is 1.84. The molecule has 0 aromatic heterocycles. The highest BCUT2D eigenvalue weighted by Crippen LogP contribution is 2.34. The van der Waals surface area contributed by atoms with Gasteiger partial charge in [-0.05, 0) is 39.2 Å². The fourth-order valence-corrected chi connectivity index (χ4v) is 3.00. The second-order valence-electron chi connectivity index (χ2n) is 6.16. The van der Waals surface area contributed by atoms with Gasteiger partial charge < -0.3 is 10.1 Å². The quantitative estimate of drug-likeness (QED) is 0.812. The van der Waals surface area contributed by atoms with Gasteiger partial charge >= 0.3 is 0 Å². The summed E-state index contributed by atoms with van der Waals surface area (Å²) in [6, 6.07) is 2.00. The van der Waals surface area contributed by atoms with Crippen molar-refractivity contribution in [3.63, 3.8) is 0 Å². The minimum absolute atomic E-state index is 0.408. The number of hydrogen-bond acceptors (Lipinski definition) is 3. The van der Waals surface area contributed by atoms with E-state index in [-0.39, 0.29) is 0 Å². The first-order chi connectivity index (χ1) is 8.08. The van der Waals surface area contributed by atoms with Crippen molar-refractivity contribution in [3.05, 3.63) is 0 Å². The molecule has 3 nitrogen and oxygen atoms in total. The number of hydrogen-bond donors (Lipinski definition) is 1. The molecule has 4 unspecified atom stereocenters. The maximum Gasteiger partial charge on any atom is 0.0674 e. The van der Waals surface area contributed by atoms with Crippen molar-refractivity contribution < 1.29 is 4.74 Å². The Labute approximate surface area is 106 Å². The molecule has 0 aromatic carbocycles. The van der Waals surface area contributed by atoms with Gasteiger partial charge in [0, 0.05) is 24.7 Å². The third-order valence-electron chi connectivity index (χ3n) is 4.25. The number of nitrogens with one attached hydrogen (secondary N) is 1. The van der Waals surface area contributed by atoms with Gasteiger partial charge in [0.1, 0.15) is 0 Å². The zero-order chi connectivity index (χ0) is 12.4. The van der Waals surface area contributed by atoms with Crippen molar-refractivity contribution in [1.29, 1.82) is 0 Å². The average Bonchev–Trinajstić information content (AvgIpc) is 2.21. The molecule has 0 spiro atoms. The van der Waals surface area contributed by atoms with E-state index in [2.05, 4.69) is 37.9 Å². The molecule has 1 N–H and O–H groups in total. The van der Waals surface area contributed by atoms with Crippen LogP contribution in [0.2, 0.25) is 0 Å². The molecule has 2 rings (SSSR count). The number of ether oxygens (including phenoxy) is 1. The van der Waals surface area contributed by atoms with Gasteiger partial charge in [-0.1, -0.05) is 13.8 Å². The molecule has 0 bridgehead atoms. The molecule has 2 aliphatic rings. The lowest BCUT2D eigenvalue weighted by Gasteiger charge is -2.50. The normalized spacial score (nSPS) is 39.4. The highest BCUT2D eigenvalue weighted by Gasteiger charge is 2.39. The Bertz CT molecular complexity index is 244. The largest absolute Gasteiger partial charge is 0.376 e. The van der Waals surface area contributed by atoms with Crippen molar-refractivity contribution in [2.75, 3.05) is 19.7 Å². The molecular formula is C14H28N2O. The third kappa shape index (κ3) is 3.21. The van der Waals surface area contributed by atoms with Crippen molar-refractivity contribution in [2.24, 2.45) is 5.92 Å². The Morgan fingerprint density at radius 2 is 2.06 bits per heavy atom. The Kier molecular flexibility index (Phi) is 4.45. The van der Waals surface area contributed by atoms with Gasteiger partial charge in [-0.2, -0.15) is 0 Å². The average molecular weight is 240 g/mol. The second-order valence-corrected chi connectivity index (χ2v) is 6.16. The fourth-order valence-electron chi connectivity index (χ4n) is 3.00. The summed E-state index contributed by atoms with van der Waals surface area (Å²) >= 11 is 0. The molecule has 0 amide bonds. The Hall–Kier alpha value is -0.120. The molecular weight excluding hydrogens is 212 g/mol. The van der Waals surface area contributed by atoms with Gasteiger partial charge in [0.2, 0.25) is 0 Å². The number of morpholine rings is 1. The molecule has 1 aliphatic heterocycles. The lowest BCUT2D eigenvalue weighted by atomic mass is 9.77. The molecule has 0 aromatic rings. The summed E-state index contributed by atoms with van der Waals surface area (Å²) in [6.45, 7) is 12.2. The molecule has 1 aliphatic carbocycles. The first-order valence-electron chi connectivity index (χ1n) is 7.18. The van der Waals surface area contributed by atoms with Gasteiger partial charge in [0.15, 0.2) is 0 Å². The molecule has 1 saturated heterocycles. The van der Waals surface area contributed by atoms with E-state index in [0.717, 1.165) is 25.1 Å². The smallest absolute Gasteiger partial charge is 0.0674 e. The van der Waals surface area contributed by atoms with Gasteiger partial charge in [-0.3, -0.25) is 4.90 Å². The molecule has 100 valence electrons. The van der Waals surface area contributed by atoms with Crippen LogP contribution in [-0.4, -0.2) is 48.8 Å². The van der Waals surface area contributed by atoms with E-state index in [0.29, 0.717) is 18.2 Å². The van der Waals surface area contributed by atoms with Crippen molar-refractivity contribution in [1.82, 2.24) is 10.2 Å². The van der Waals surface area contributed by atoms with E-state index in [9.17, 15) is 0 Å². The zero-order valence-electron chi connectivity index (χ0n) is 11.8.